The SMILES string of the molecule is CCNC(=O)[C@H](Cc1ccccc1)N(Cc1ccc(F)cc1)C(=O)CSCc1ccc(Cl)c(Cl)c1. The van der Waals surface area contributed by atoms with Crippen molar-refractivity contribution in [2.75, 3.05) is 12.3 Å². The molecule has 3 rings (SSSR count). The van der Waals surface area contributed by atoms with Crippen LogP contribution in [0.4, 0.5) is 4.39 Å². The largest absolute Gasteiger partial charge is 0.355 e. The number of rotatable bonds is 11. The van der Waals surface area contributed by atoms with Crippen molar-refractivity contribution >= 4 is 46.8 Å². The average molecular weight is 533 g/mol. The lowest BCUT2D eigenvalue weighted by atomic mass is 10.0. The van der Waals surface area contributed by atoms with Crippen LogP contribution in [0, 0.1) is 5.82 Å². The molecule has 1 N–H and O–H groups in total. The average Bonchev–Trinajstić information content (AvgIpc) is 2.85. The van der Waals surface area contributed by atoms with Crippen molar-refractivity contribution in [2.45, 2.75) is 31.7 Å². The van der Waals surface area contributed by atoms with Gasteiger partial charge in [-0.1, -0.05) is 71.7 Å². The zero-order valence-electron chi connectivity index (χ0n) is 19.3. The Morgan fingerprint density at radius 1 is 0.943 bits per heavy atom. The first-order valence-electron chi connectivity index (χ1n) is 11.2. The summed E-state index contributed by atoms with van der Waals surface area (Å²) in [4.78, 5) is 28.2. The molecule has 0 aliphatic heterocycles. The van der Waals surface area contributed by atoms with Gasteiger partial charge < -0.3 is 10.2 Å². The Morgan fingerprint density at radius 3 is 2.29 bits per heavy atom. The van der Waals surface area contributed by atoms with E-state index in [9.17, 15) is 14.0 Å². The van der Waals surface area contributed by atoms with Crippen molar-refractivity contribution in [3.63, 3.8) is 0 Å². The summed E-state index contributed by atoms with van der Waals surface area (Å²) in [5.41, 5.74) is 2.65. The number of nitrogens with zero attached hydrogens (tertiary/aromatic N) is 1. The lowest BCUT2D eigenvalue weighted by Crippen LogP contribution is -2.51. The highest BCUT2D eigenvalue weighted by atomic mass is 35.5. The first-order valence-corrected chi connectivity index (χ1v) is 13.2. The minimum Gasteiger partial charge on any atom is -0.355 e. The second-order valence-electron chi connectivity index (χ2n) is 7.99. The van der Waals surface area contributed by atoms with Crippen LogP contribution in [-0.2, 0) is 28.3 Å². The molecule has 0 radical (unpaired) electrons. The van der Waals surface area contributed by atoms with E-state index < -0.39 is 6.04 Å². The monoisotopic (exact) mass is 532 g/mol. The Morgan fingerprint density at radius 2 is 1.63 bits per heavy atom. The van der Waals surface area contributed by atoms with Crippen LogP contribution in [0.5, 0.6) is 0 Å². The number of carbonyl (C=O) groups excluding carboxylic acids is 2. The summed E-state index contributed by atoms with van der Waals surface area (Å²) in [5, 5.41) is 3.81. The second kappa shape index (κ2) is 13.5. The van der Waals surface area contributed by atoms with Gasteiger partial charge >= 0.3 is 0 Å². The summed E-state index contributed by atoms with van der Waals surface area (Å²) >= 11 is 13.5. The lowest BCUT2D eigenvalue weighted by molar-refractivity contribution is -0.139. The summed E-state index contributed by atoms with van der Waals surface area (Å²) in [5.74, 6) is -0.00911. The van der Waals surface area contributed by atoms with E-state index in [0.717, 1.165) is 16.7 Å². The molecule has 3 aromatic carbocycles. The van der Waals surface area contributed by atoms with E-state index in [4.69, 9.17) is 23.2 Å². The van der Waals surface area contributed by atoms with Crippen LogP contribution in [0.3, 0.4) is 0 Å². The molecule has 0 bridgehead atoms. The zero-order valence-corrected chi connectivity index (χ0v) is 21.7. The molecule has 0 spiro atoms. The molecule has 0 unspecified atom stereocenters. The number of carbonyl (C=O) groups is 2. The Hall–Kier alpha value is -2.54. The maximum atomic E-state index is 13.5. The number of amides is 2. The van der Waals surface area contributed by atoms with E-state index in [1.165, 1.54) is 23.9 Å². The number of hydrogen-bond donors (Lipinski definition) is 1. The third-order valence-electron chi connectivity index (χ3n) is 5.37. The minimum absolute atomic E-state index is 0.173. The fourth-order valence-corrected chi connectivity index (χ4v) is 4.78. The highest BCUT2D eigenvalue weighted by Gasteiger charge is 2.30. The van der Waals surface area contributed by atoms with Crippen LogP contribution in [0.15, 0.2) is 72.8 Å². The Balaban J connectivity index is 1.81. The number of hydrogen-bond acceptors (Lipinski definition) is 3. The van der Waals surface area contributed by atoms with Crippen LogP contribution in [0.25, 0.3) is 0 Å². The molecular weight excluding hydrogens is 506 g/mol. The maximum Gasteiger partial charge on any atom is 0.243 e. The molecule has 2 amide bonds. The van der Waals surface area contributed by atoms with Crippen molar-refractivity contribution in [3.05, 3.63) is 105 Å². The van der Waals surface area contributed by atoms with Gasteiger partial charge in [0.05, 0.1) is 15.8 Å². The number of nitrogens with one attached hydrogen (secondary N) is 1. The maximum absolute atomic E-state index is 13.5. The van der Waals surface area contributed by atoms with Crippen molar-refractivity contribution < 1.29 is 14.0 Å². The van der Waals surface area contributed by atoms with Crippen molar-refractivity contribution in [1.82, 2.24) is 10.2 Å². The van der Waals surface area contributed by atoms with Gasteiger partial charge in [0.2, 0.25) is 11.8 Å². The highest BCUT2D eigenvalue weighted by Crippen LogP contribution is 2.25. The van der Waals surface area contributed by atoms with E-state index in [2.05, 4.69) is 5.32 Å². The van der Waals surface area contributed by atoms with Crippen LogP contribution in [0.2, 0.25) is 10.0 Å². The molecule has 0 heterocycles. The third-order valence-corrected chi connectivity index (χ3v) is 7.09. The molecule has 3 aromatic rings. The van der Waals surface area contributed by atoms with Gasteiger partial charge in [-0.05, 0) is 47.9 Å². The molecule has 4 nitrogen and oxygen atoms in total. The van der Waals surface area contributed by atoms with E-state index in [1.807, 2.05) is 43.3 Å². The van der Waals surface area contributed by atoms with E-state index in [1.54, 1.807) is 29.2 Å². The second-order valence-corrected chi connectivity index (χ2v) is 9.79. The normalized spacial score (nSPS) is 11.7. The van der Waals surface area contributed by atoms with Crippen LogP contribution in [0.1, 0.15) is 23.6 Å². The predicted molar refractivity (Wildman–Crippen MR) is 142 cm³/mol. The number of thioether (sulfide) groups is 1. The molecule has 1 atom stereocenters. The third kappa shape index (κ3) is 8.27. The van der Waals surface area contributed by atoms with Crippen LogP contribution in [-0.4, -0.2) is 35.1 Å². The smallest absolute Gasteiger partial charge is 0.243 e. The molecular formula is C27H27Cl2FN2O2S. The van der Waals surface area contributed by atoms with Gasteiger partial charge in [-0.2, -0.15) is 0 Å². The molecule has 8 heteroatoms. The van der Waals surface area contributed by atoms with E-state index in [-0.39, 0.29) is 29.9 Å². The van der Waals surface area contributed by atoms with Gasteiger partial charge in [0.15, 0.2) is 0 Å². The topological polar surface area (TPSA) is 49.4 Å². The lowest BCUT2D eigenvalue weighted by Gasteiger charge is -2.31. The summed E-state index contributed by atoms with van der Waals surface area (Å²) in [6, 6.07) is 20.2. The molecule has 0 fully saturated rings. The first kappa shape index (κ1) is 27.1. The molecule has 0 aliphatic carbocycles. The van der Waals surface area contributed by atoms with Crippen molar-refractivity contribution in [2.24, 2.45) is 0 Å². The van der Waals surface area contributed by atoms with Gasteiger partial charge in [-0.25, -0.2) is 4.39 Å². The van der Waals surface area contributed by atoms with Gasteiger partial charge in [0.25, 0.3) is 0 Å². The molecule has 0 aromatic heterocycles. The van der Waals surface area contributed by atoms with E-state index >= 15 is 0 Å². The molecule has 0 saturated heterocycles. The standard InChI is InChI=1S/C27H27Cl2FN2O2S/c1-2-31-27(34)25(15-19-6-4-3-5-7-19)32(16-20-8-11-22(30)12-9-20)26(33)18-35-17-21-10-13-23(28)24(29)14-21/h3-14,25H,2,15-18H2,1H3,(H,31,34)/t25-/m0/s1. The number of likely N-dealkylation sites (N-methyl/N-ethyl adjacent to an activating group) is 1. The van der Waals surface area contributed by atoms with E-state index in [0.29, 0.717) is 28.8 Å². The van der Waals surface area contributed by atoms with Crippen molar-refractivity contribution in [3.8, 4) is 0 Å². The summed E-state index contributed by atoms with van der Waals surface area (Å²) in [6.45, 7) is 2.49. The van der Waals surface area contributed by atoms with Gasteiger partial charge in [-0.3, -0.25) is 9.59 Å². The number of benzene rings is 3. The Kier molecular flexibility index (Phi) is 10.5. The molecule has 35 heavy (non-hydrogen) atoms. The van der Waals surface area contributed by atoms with Crippen LogP contribution < -0.4 is 5.32 Å². The summed E-state index contributed by atoms with van der Waals surface area (Å²) in [6.07, 6.45) is 0.372. The summed E-state index contributed by atoms with van der Waals surface area (Å²) < 4.78 is 13.5. The molecule has 0 saturated carbocycles. The van der Waals surface area contributed by atoms with Gasteiger partial charge in [-0.15, -0.1) is 11.8 Å². The molecule has 184 valence electrons. The quantitative estimate of drug-likeness (QED) is 0.322. The van der Waals surface area contributed by atoms with Crippen molar-refractivity contribution in [1.29, 1.82) is 0 Å². The number of halogens is 3. The fourth-order valence-electron chi connectivity index (χ4n) is 3.60. The highest BCUT2D eigenvalue weighted by molar-refractivity contribution is 7.99. The molecule has 0 aliphatic rings. The Labute approximate surface area is 219 Å². The van der Waals surface area contributed by atoms with Gasteiger partial charge in [0, 0.05) is 25.3 Å². The predicted octanol–water partition coefficient (Wildman–Crippen LogP) is 6.14. The zero-order chi connectivity index (χ0) is 25.2. The minimum atomic E-state index is -0.708. The van der Waals surface area contributed by atoms with Gasteiger partial charge in [0.1, 0.15) is 11.9 Å². The Bertz CT molecular complexity index is 1130. The van der Waals surface area contributed by atoms with Crippen LogP contribution >= 0.6 is 35.0 Å². The fraction of sp³-hybridized carbons (Fsp3) is 0.259. The first-order chi connectivity index (χ1) is 16.9. The summed E-state index contributed by atoms with van der Waals surface area (Å²) in [7, 11) is 0.